The highest BCUT2D eigenvalue weighted by Gasteiger charge is 2.51. The van der Waals surface area contributed by atoms with Crippen LogP contribution in [-0.2, 0) is 5.41 Å². The van der Waals surface area contributed by atoms with E-state index < -0.39 is 0 Å². The van der Waals surface area contributed by atoms with Gasteiger partial charge in [-0.25, -0.2) is 0 Å². The number of hydrogen-bond acceptors (Lipinski definition) is 2. The molecule has 0 radical (unpaired) electrons. The van der Waals surface area contributed by atoms with Crippen molar-refractivity contribution in [1.82, 2.24) is 0 Å². The van der Waals surface area contributed by atoms with Crippen molar-refractivity contribution in [2.45, 2.75) is 50.9 Å². The third kappa shape index (κ3) is 1.73. The molecular formula is C18H22O2. The summed E-state index contributed by atoms with van der Waals surface area (Å²) in [7, 11) is 0. The standard InChI is InChI=1S/C18H22O2/c1-11(19)16-7-15(2-3-17(16)20)18-8-12-4-13(9-18)6-14(5-12)10-18/h2-3,7,12-14,20H,4-6,8-10H2,1H3. The SMILES string of the molecule is CC(=O)c1cc(C23CC4CC(CC(C4)C2)C3)ccc1O. The van der Waals surface area contributed by atoms with Gasteiger partial charge in [0, 0.05) is 0 Å². The molecule has 0 unspecified atom stereocenters. The lowest BCUT2D eigenvalue weighted by Crippen LogP contribution is -2.48. The van der Waals surface area contributed by atoms with Gasteiger partial charge in [-0.2, -0.15) is 0 Å². The summed E-state index contributed by atoms with van der Waals surface area (Å²) >= 11 is 0. The second kappa shape index (κ2) is 4.09. The molecule has 4 fully saturated rings. The lowest BCUT2D eigenvalue weighted by molar-refractivity contribution is -0.00521. The van der Waals surface area contributed by atoms with Crippen molar-refractivity contribution in [3.05, 3.63) is 29.3 Å². The third-order valence-corrected chi connectivity index (χ3v) is 6.03. The smallest absolute Gasteiger partial charge is 0.163 e. The zero-order valence-electron chi connectivity index (χ0n) is 12.1. The lowest BCUT2D eigenvalue weighted by atomic mass is 9.48. The molecule has 1 N–H and O–H groups in total. The van der Waals surface area contributed by atoms with Crippen LogP contribution in [0.3, 0.4) is 0 Å². The van der Waals surface area contributed by atoms with E-state index in [0.29, 0.717) is 11.0 Å². The normalized spacial score (nSPS) is 38.1. The molecule has 0 heterocycles. The van der Waals surface area contributed by atoms with Gasteiger partial charge in [0.1, 0.15) is 5.75 Å². The molecular weight excluding hydrogens is 248 g/mol. The van der Waals surface area contributed by atoms with Crippen LogP contribution in [0.4, 0.5) is 0 Å². The summed E-state index contributed by atoms with van der Waals surface area (Å²) in [6.07, 6.45) is 8.16. The third-order valence-electron chi connectivity index (χ3n) is 6.03. The van der Waals surface area contributed by atoms with Crippen molar-refractivity contribution >= 4 is 5.78 Å². The van der Waals surface area contributed by atoms with Gasteiger partial charge in [-0.1, -0.05) is 6.07 Å². The predicted octanol–water partition coefficient (Wildman–Crippen LogP) is 4.06. The summed E-state index contributed by atoms with van der Waals surface area (Å²) in [6.45, 7) is 1.54. The largest absolute Gasteiger partial charge is 0.507 e. The number of carbonyl (C=O) groups excluding carboxylic acids is 1. The van der Waals surface area contributed by atoms with Gasteiger partial charge < -0.3 is 5.11 Å². The first-order valence-corrected chi connectivity index (χ1v) is 7.90. The predicted molar refractivity (Wildman–Crippen MR) is 78.0 cm³/mol. The molecule has 0 spiro atoms. The summed E-state index contributed by atoms with van der Waals surface area (Å²) < 4.78 is 0. The minimum Gasteiger partial charge on any atom is -0.507 e. The van der Waals surface area contributed by atoms with Crippen molar-refractivity contribution < 1.29 is 9.90 Å². The molecule has 0 saturated heterocycles. The van der Waals surface area contributed by atoms with E-state index in [4.69, 9.17) is 0 Å². The minimum absolute atomic E-state index is 0.0333. The molecule has 1 aromatic rings. The minimum atomic E-state index is -0.0333. The summed E-state index contributed by atoms with van der Waals surface area (Å²) in [5.74, 6) is 2.79. The molecule has 4 saturated carbocycles. The molecule has 0 atom stereocenters. The Hall–Kier alpha value is -1.31. The zero-order valence-corrected chi connectivity index (χ0v) is 12.1. The number of phenols is 1. The monoisotopic (exact) mass is 270 g/mol. The van der Waals surface area contributed by atoms with E-state index in [1.165, 1.54) is 44.1 Å². The van der Waals surface area contributed by atoms with Gasteiger partial charge in [0.05, 0.1) is 5.56 Å². The average molecular weight is 270 g/mol. The molecule has 2 nitrogen and oxygen atoms in total. The van der Waals surface area contributed by atoms with Crippen LogP contribution in [0.25, 0.3) is 0 Å². The Bertz CT molecular complexity index is 537. The van der Waals surface area contributed by atoms with Crippen LogP contribution in [0.15, 0.2) is 18.2 Å². The van der Waals surface area contributed by atoms with Crippen LogP contribution >= 0.6 is 0 Å². The molecule has 106 valence electrons. The highest BCUT2D eigenvalue weighted by Crippen LogP contribution is 2.60. The molecule has 1 aromatic carbocycles. The highest BCUT2D eigenvalue weighted by molar-refractivity contribution is 5.96. The Labute approximate surface area is 120 Å². The zero-order chi connectivity index (χ0) is 13.9. The second-order valence-corrected chi connectivity index (χ2v) is 7.49. The van der Waals surface area contributed by atoms with E-state index in [1.807, 2.05) is 6.07 Å². The fourth-order valence-electron chi connectivity index (χ4n) is 5.61. The van der Waals surface area contributed by atoms with Crippen molar-refractivity contribution in [2.24, 2.45) is 17.8 Å². The van der Waals surface area contributed by atoms with Crippen LogP contribution in [0.2, 0.25) is 0 Å². The first kappa shape index (κ1) is 12.4. The Kier molecular flexibility index (Phi) is 2.55. The number of benzene rings is 1. The molecule has 0 aromatic heterocycles. The van der Waals surface area contributed by atoms with Crippen LogP contribution in [0.5, 0.6) is 5.75 Å². The fraction of sp³-hybridized carbons (Fsp3) is 0.611. The summed E-state index contributed by atoms with van der Waals surface area (Å²) in [6, 6.07) is 5.77. The van der Waals surface area contributed by atoms with E-state index in [0.717, 1.165) is 17.8 Å². The fourth-order valence-corrected chi connectivity index (χ4v) is 5.61. The molecule has 20 heavy (non-hydrogen) atoms. The highest BCUT2D eigenvalue weighted by atomic mass is 16.3. The maximum atomic E-state index is 11.7. The molecule has 5 rings (SSSR count). The molecule has 0 aliphatic heterocycles. The van der Waals surface area contributed by atoms with Gasteiger partial charge >= 0.3 is 0 Å². The van der Waals surface area contributed by atoms with Crippen LogP contribution < -0.4 is 0 Å². The quantitative estimate of drug-likeness (QED) is 0.823. The van der Waals surface area contributed by atoms with Crippen LogP contribution in [-0.4, -0.2) is 10.9 Å². The van der Waals surface area contributed by atoms with Crippen molar-refractivity contribution in [2.75, 3.05) is 0 Å². The number of Topliss-reactive ketones (excluding diaryl/α,β-unsaturated/α-hetero) is 1. The molecule has 2 heteroatoms. The summed E-state index contributed by atoms with van der Waals surface area (Å²) in [4.78, 5) is 11.7. The Morgan fingerprint density at radius 1 is 1.10 bits per heavy atom. The van der Waals surface area contributed by atoms with E-state index in [1.54, 1.807) is 13.0 Å². The van der Waals surface area contributed by atoms with Gasteiger partial charge in [0.25, 0.3) is 0 Å². The van der Waals surface area contributed by atoms with Gasteiger partial charge in [-0.3, -0.25) is 4.79 Å². The number of carbonyl (C=O) groups is 1. The molecule has 4 aliphatic rings. The Balaban J connectivity index is 1.77. The summed E-state index contributed by atoms with van der Waals surface area (Å²) in [5, 5.41) is 9.87. The molecule has 0 amide bonds. The first-order chi connectivity index (χ1) is 9.56. The van der Waals surface area contributed by atoms with Crippen molar-refractivity contribution in [3.8, 4) is 5.75 Å². The van der Waals surface area contributed by atoms with Crippen LogP contribution in [0, 0.1) is 17.8 Å². The molecule has 4 bridgehead atoms. The second-order valence-electron chi connectivity index (χ2n) is 7.49. The average Bonchev–Trinajstić information content (AvgIpc) is 2.37. The van der Waals surface area contributed by atoms with Crippen LogP contribution in [0.1, 0.15) is 61.4 Å². The van der Waals surface area contributed by atoms with E-state index >= 15 is 0 Å². The number of rotatable bonds is 2. The maximum Gasteiger partial charge on any atom is 0.163 e. The van der Waals surface area contributed by atoms with Crippen molar-refractivity contribution in [1.29, 1.82) is 0 Å². The Morgan fingerprint density at radius 2 is 1.65 bits per heavy atom. The van der Waals surface area contributed by atoms with Gasteiger partial charge in [-0.15, -0.1) is 0 Å². The number of aromatic hydroxyl groups is 1. The first-order valence-electron chi connectivity index (χ1n) is 7.90. The van der Waals surface area contributed by atoms with E-state index in [9.17, 15) is 9.90 Å². The van der Waals surface area contributed by atoms with Crippen molar-refractivity contribution in [3.63, 3.8) is 0 Å². The Morgan fingerprint density at radius 3 is 2.15 bits per heavy atom. The molecule has 4 aliphatic carbocycles. The topological polar surface area (TPSA) is 37.3 Å². The number of ketones is 1. The number of hydrogen-bond donors (Lipinski definition) is 1. The van der Waals surface area contributed by atoms with Gasteiger partial charge in [0.2, 0.25) is 0 Å². The van der Waals surface area contributed by atoms with E-state index in [2.05, 4.69) is 6.07 Å². The lowest BCUT2D eigenvalue weighted by Gasteiger charge is -2.57. The van der Waals surface area contributed by atoms with Gasteiger partial charge in [0.15, 0.2) is 5.78 Å². The van der Waals surface area contributed by atoms with Gasteiger partial charge in [-0.05, 0) is 86.3 Å². The van der Waals surface area contributed by atoms with E-state index in [-0.39, 0.29) is 11.5 Å². The maximum absolute atomic E-state index is 11.7. The summed E-state index contributed by atoms with van der Waals surface area (Å²) in [5.41, 5.74) is 2.10. The number of phenolic OH excluding ortho intramolecular Hbond substituents is 1.